The van der Waals surface area contributed by atoms with Crippen molar-refractivity contribution in [2.75, 3.05) is 20.3 Å². The summed E-state index contributed by atoms with van der Waals surface area (Å²) in [5, 5.41) is 2.72. The van der Waals surface area contributed by atoms with Gasteiger partial charge in [-0.25, -0.2) is 0 Å². The normalized spacial score (nSPS) is 12.2. The van der Waals surface area contributed by atoms with Gasteiger partial charge in [0.1, 0.15) is 0 Å². The molecule has 1 amide bonds. The lowest BCUT2D eigenvalue weighted by Crippen LogP contribution is -2.27. The van der Waals surface area contributed by atoms with Crippen LogP contribution in [0, 0.1) is 6.92 Å². The van der Waals surface area contributed by atoms with Crippen molar-refractivity contribution in [2.24, 2.45) is 0 Å². The first kappa shape index (κ1) is 13.9. The molecule has 1 atom stereocenters. The third-order valence-corrected chi connectivity index (χ3v) is 2.61. The van der Waals surface area contributed by atoms with Crippen molar-refractivity contribution in [2.45, 2.75) is 18.7 Å². The number of amides is 1. The highest BCUT2D eigenvalue weighted by atomic mass is 35.5. The fourth-order valence-electron chi connectivity index (χ4n) is 1.31. The van der Waals surface area contributed by atoms with E-state index < -0.39 is 0 Å². The summed E-state index contributed by atoms with van der Waals surface area (Å²) in [7, 11) is 1.60. The Bertz CT molecular complexity index is 354. The van der Waals surface area contributed by atoms with Gasteiger partial charge in [0, 0.05) is 25.5 Å². The van der Waals surface area contributed by atoms with Crippen LogP contribution in [-0.2, 0) is 4.74 Å². The molecule has 0 fully saturated rings. The first-order chi connectivity index (χ1) is 8.13. The van der Waals surface area contributed by atoms with E-state index in [1.54, 1.807) is 19.4 Å². The van der Waals surface area contributed by atoms with E-state index in [9.17, 15) is 4.79 Å². The van der Waals surface area contributed by atoms with Gasteiger partial charge in [-0.05, 0) is 25.5 Å². The van der Waals surface area contributed by atoms with Gasteiger partial charge in [-0.2, -0.15) is 0 Å². The van der Waals surface area contributed by atoms with Crippen LogP contribution >= 0.6 is 11.6 Å². The highest BCUT2D eigenvalue weighted by molar-refractivity contribution is 6.20. The van der Waals surface area contributed by atoms with Crippen LogP contribution in [0.25, 0.3) is 0 Å². The molecule has 0 aliphatic carbocycles. The number of hydrogen-bond acceptors (Lipinski definition) is 3. The molecule has 5 heteroatoms. The number of hydrogen-bond donors (Lipinski definition) is 1. The SMILES string of the molecule is COCC(Cl)CCNC(=O)c1ccc(C)nc1. The third kappa shape index (κ3) is 5.15. The van der Waals surface area contributed by atoms with Crippen molar-refractivity contribution in [3.63, 3.8) is 0 Å². The zero-order valence-corrected chi connectivity index (χ0v) is 10.8. The van der Waals surface area contributed by atoms with Gasteiger partial charge in [0.2, 0.25) is 0 Å². The number of aryl methyl sites for hydroxylation is 1. The number of nitrogens with zero attached hydrogens (tertiary/aromatic N) is 1. The Hall–Kier alpha value is -1.13. The van der Waals surface area contributed by atoms with Gasteiger partial charge in [0.25, 0.3) is 5.91 Å². The maximum atomic E-state index is 11.7. The molecule has 1 heterocycles. The maximum absolute atomic E-state index is 11.7. The number of alkyl halides is 1. The number of methoxy groups -OCH3 is 1. The Morgan fingerprint density at radius 3 is 2.94 bits per heavy atom. The lowest BCUT2D eigenvalue weighted by Gasteiger charge is -2.09. The molecule has 1 aromatic rings. The van der Waals surface area contributed by atoms with Crippen molar-refractivity contribution in [1.29, 1.82) is 0 Å². The Morgan fingerprint density at radius 2 is 2.35 bits per heavy atom. The van der Waals surface area contributed by atoms with Crippen LogP contribution in [-0.4, -0.2) is 36.5 Å². The van der Waals surface area contributed by atoms with E-state index in [1.807, 2.05) is 13.0 Å². The van der Waals surface area contributed by atoms with Gasteiger partial charge in [-0.1, -0.05) is 0 Å². The Balaban J connectivity index is 2.32. The van der Waals surface area contributed by atoms with Gasteiger partial charge in [-0.15, -0.1) is 11.6 Å². The van der Waals surface area contributed by atoms with Crippen LogP contribution in [0.15, 0.2) is 18.3 Å². The van der Waals surface area contributed by atoms with E-state index in [-0.39, 0.29) is 11.3 Å². The highest BCUT2D eigenvalue weighted by Crippen LogP contribution is 2.02. The summed E-state index contributed by atoms with van der Waals surface area (Å²) in [6.45, 7) is 2.90. The topological polar surface area (TPSA) is 51.2 Å². The van der Waals surface area contributed by atoms with E-state index in [0.717, 1.165) is 5.69 Å². The minimum absolute atomic E-state index is 0.0727. The van der Waals surface area contributed by atoms with Gasteiger partial charge in [0.05, 0.1) is 17.5 Å². The van der Waals surface area contributed by atoms with Gasteiger partial charge < -0.3 is 10.1 Å². The third-order valence-electron chi connectivity index (χ3n) is 2.26. The second-order valence-corrected chi connectivity index (χ2v) is 4.40. The molecule has 0 aliphatic rings. The lowest BCUT2D eigenvalue weighted by atomic mass is 10.2. The molecule has 1 N–H and O–H groups in total. The number of pyridine rings is 1. The average Bonchev–Trinajstić information content (AvgIpc) is 2.30. The first-order valence-corrected chi connectivity index (χ1v) is 5.91. The summed E-state index contributed by atoms with van der Waals surface area (Å²) in [5.74, 6) is -0.126. The standard InChI is InChI=1S/C12H17ClN2O2/c1-9-3-4-10(7-15-9)12(16)14-6-5-11(13)8-17-2/h3-4,7,11H,5-6,8H2,1-2H3,(H,14,16). The molecule has 1 unspecified atom stereocenters. The minimum atomic E-state index is -0.126. The Kier molecular flexibility index (Phi) is 5.94. The average molecular weight is 257 g/mol. The van der Waals surface area contributed by atoms with Gasteiger partial charge >= 0.3 is 0 Å². The van der Waals surface area contributed by atoms with Crippen LogP contribution < -0.4 is 5.32 Å². The number of carbonyl (C=O) groups excluding carboxylic acids is 1. The zero-order valence-electron chi connectivity index (χ0n) is 10.1. The largest absolute Gasteiger partial charge is 0.383 e. The van der Waals surface area contributed by atoms with Crippen molar-refractivity contribution >= 4 is 17.5 Å². The molecule has 0 spiro atoms. The zero-order chi connectivity index (χ0) is 12.7. The summed E-state index contributed by atoms with van der Waals surface area (Å²) in [6, 6.07) is 3.56. The lowest BCUT2D eigenvalue weighted by molar-refractivity contribution is 0.0951. The molecular formula is C12H17ClN2O2. The Labute approximate surface area is 106 Å². The van der Waals surface area contributed by atoms with Crippen LogP contribution in [0.5, 0.6) is 0 Å². The molecule has 0 saturated heterocycles. The minimum Gasteiger partial charge on any atom is -0.383 e. The highest BCUT2D eigenvalue weighted by Gasteiger charge is 2.07. The van der Waals surface area contributed by atoms with Crippen LogP contribution in [0.4, 0.5) is 0 Å². The van der Waals surface area contributed by atoms with Crippen molar-refractivity contribution in [3.05, 3.63) is 29.6 Å². The molecule has 0 aromatic carbocycles. The molecule has 4 nitrogen and oxygen atoms in total. The van der Waals surface area contributed by atoms with E-state index >= 15 is 0 Å². The van der Waals surface area contributed by atoms with Crippen molar-refractivity contribution in [1.82, 2.24) is 10.3 Å². The second-order valence-electron chi connectivity index (χ2n) is 3.79. The molecule has 0 saturated carbocycles. The number of rotatable bonds is 6. The van der Waals surface area contributed by atoms with Crippen LogP contribution in [0.2, 0.25) is 0 Å². The number of aromatic nitrogens is 1. The van der Waals surface area contributed by atoms with Crippen molar-refractivity contribution in [3.8, 4) is 0 Å². The van der Waals surface area contributed by atoms with E-state index in [1.165, 1.54) is 0 Å². The molecule has 1 aromatic heterocycles. The summed E-state index contributed by atoms with van der Waals surface area (Å²) >= 11 is 5.94. The summed E-state index contributed by atoms with van der Waals surface area (Å²) in [6.07, 6.45) is 2.25. The fourth-order valence-corrected chi connectivity index (χ4v) is 1.55. The molecule has 1 rings (SSSR count). The fraction of sp³-hybridized carbons (Fsp3) is 0.500. The summed E-state index contributed by atoms with van der Waals surface area (Å²) < 4.78 is 4.90. The molecule has 94 valence electrons. The smallest absolute Gasteiger partial charge is 0.252 e. The van der Waals surface area contributed by atoms with Crippen LogP contribution in [0.1, 0.15) is 22.5 Å². The monoisotopic (exact) mass is 256 g/mol. The molecular weight excluding hydrogens is 240 g/mol. The van der Waals surface area contributed by atoms with E-state index in [0.29, 0.717) is 25.1 Å². The van der Waals surface area contributed by atoms with Gasteiger partial charge in [0.15, 0.2) is 0 Å². The number of halogens is 1. The number of nitrogens with one attached hydrogen (secondary N) is 1. The molecule has 0 radical (unpaired) electrons. The molecule has 17 heavy (non-hydrogen) atoms. The maximum Gasteiger partial charge on any atom is 0.252 e. The number of carbonyl (C=O) groups is 1. The van der Waals surface area contributed by atoms with E-state index in [2.05, 4.69) is 10.3 Å². The van der Waals surface area contributed by atoms with E-state index in [4.69, 9.17) is 16.3 Å². The number of ether oxygens (including phenoxy) is 1. The van der Waals surface area contributed by atoms with Gasteiger partial charge in [-0.3, -0.25) is 9.78 Å². The van der Waals surface area contributed by atoms with Crippen molar-refractivity contribution < 1.29 is 9.53 Å². The molecule has 0 aliphatic heterocycles. The quantitative estimate of drug-likeness (QED) is 0.789. The molecule has 0 bridgehead atoms. The summed E-state index contributed by atoms with van der Waals surface area (Å²) in [5.41, 5.74) is 1.45. The summed E-state index contributed by atoms with van der Waals surface area (Å²) in [4.78, 5) is 15.7. The second kappa shape index (κ2) is 7.25. The van der Waals surface area contributed by atoms with Crippen LogP contribution in [0.3, 0.4) is 0 Å². The predicted octanol–water partition coefficient (Wildman–Crippen LogP) is 1.76. The first-order valence-electron chi connectivity index (χ1n) is 5.47. The predicted molar refractivity (Wildman–Crippen MR) is 67.4 cm³/mol. The Morgan fingerprint density at radius 1 is 1.59 bits per heavy atom.